The fraction of sp³-hybridized carbons (Fsp3) is 0.222. The number of carbonyl (C=O) groups excluding carboxylic acids is 1. The molecule has 0 spiro atoms. The number of Topliss-reactive ketones (excluding diaryl/α,β-unsaturated/α-hetero) is 1. The maximum atomic E-state index is 12.5. The molecule has 0 atom stereocenters. The molecule has 0 amide bonds. The summed E-state index contributed by atoms with van der Waals surface area (Å²) in [7, 11) is 0. The number of hydrogen-bond donors (Lipinski definition) is 0. The molecule has 23 heavy (non-hydrogen) atoms. The quantitative estimate of drug-likeness (QED) is 0.697. The molecule has 0 bridgehead atoms. The molecule has 0 N–H and O–H groups in total. The molecule has 2 aromatic carbocycles. The van der Waals surface area contributed by atoms with E-state index in [2.05, 4.69) is 22.0 Å². The van der Waals surface area contributed by atoms with E-state index in [1.165, 1.54) is 5.56 Å². The van der Waals surface area contributed by atoms with E-state index >= 15 is 0 Å². The van der Waals surface area contributed by atoms with Crippen LogP contribution in [0.2, 0.25) is 0 Å². The summed E-state index contributed by atoms with van der Waals surface area (Å²) in [5, 5.41) is 0.980. The van der Waals surface area contributed by atoms with E-state index in [-0.39, 0.29) is 22.8 Å². The van der Waals surface area contributed by atoms with E-state index in [1.54, 1.807) is 11.8 Å². The molecule has 0 radical (unpaired) electrons. The Hall–Kier alpha value is -1.59. The van der Waals surface area contributed by atoms with Crippen molar-refractivity contribution in [3.05, 3.63) is 71.8 Å². The van der Waals surface area contributed by atoms with Crippen LogP contribution in [0.1, 0.15) is 15.9 Å². The third-order valence-electron chi connectivity index (χ3n) is 3.49. The molecule has 0 saturated carbocycles. The molecule has 3 rings (SSSR count). The minimum Gasteiger partial charge on any atom is -1.00 e. The second-order valence-electron chi connectivity index (χ2n) is 5.14. The lowest BCUT2D eigenvalue weighted by Gasteiger charge is -2.23. The Labute approximate surface area is 151 Å². The lowest BCUT2D eigenvalue weighted by molar-refractivity contribution is -0.0000123. The fourth-order valence-electron chi connectivity index (χ4n) is 2.40. The zero-order valence-corrected chi connectivity index (χ0v) is 15.1. The van der Waals surface area contributed by atoms with Gasteiger partial charge in [0.2, 0.25) is 0 Å². The molecule has 120 valence electrons. The summed E-state index contributed by atoms with van der Waals surface area (Å²) < 4.78 is 0. The molecule has 1 aliphatic heterocycles. The van der Waals surface area contributed by atoms with Gasteiger partial charge >= 0.3 is 0 Å². The first-order valence-electron chi connectivity index (χ1n) is 7.37. The van der Waals surface area contributed by atoms with Gasteiger partial charge in [-0.1, -0.05) is 72.4 Å². The average molecular weight is 390 g/mol. The lowest BCUT2D eigenvalue weighted by atomic mass is 10.1. The van der Waals surface area contributed by atoms with Crippen LogP contribution in [0.4, 0.5) is 0 Å². The first-order chi connectivity index (χ1) is 10.8. The highest BCUT2D eigenvalue weighted by atomic mass is 79.9. The van der Waals surface area contributed by atoms with Crippen molar-refractivity contribution in [3.63, 3.8) is 0 Å². The molecule has 1 heterocycles. The molecule has 0 aliphatic carbocycles. The zero-order chi connectivity index (χ0) is 15.2. The molecule has 0 saturated heterocycles. The lowest BCUT2D eigenvalue weighted by Crippen LogP contribution is -3.00. The van der Waals surface area contributed by atoms with Gasteiger partial charge < -0.3 is 21.9 Å². The highest BCUT2D eigenvalue weighted by molar-refractivity contribution is 8.14. The molecular weight excluding hydrogens is 372 g/mol. The minimum atomic E-state index is 0. The van der Waals surface area contributed by atoms with Crippen LogP contribution < -0.4 is 17.0 Å². The standard InChI is InChI=1S/C18H18N2OS.BrH/c21-17(16-9-5-2-6-10-16)14-20(18-19-11-12-22-18)13-15-7-3-1-4-8-15;/h1-10H,11-14H2;1H/p-1. The van der Waals surface area contributed by atoms with Crippen LogP contribution in [-0.4, -0.2) is 34.7 Å². The van der Waals surface area contributed by atoms with Gasteiger partial charge in [0.25, 0.3) is 0 Å². The molecule has 3 nitrogen and oxygen atoms in total. The summed E-state index contributed by atoms with van der Waals surface area (Å²) in [6.07, 6.45) is 0. The van der Waals surface area contributed by atoms with Crippen molar-refractivity contribution in [2.75, 3.05) is 18.8 Å². The monoisotopic (exact) mass is 389 g/mol. The number of benzene rings is 2. The number of nitrogens with zero attached hydrogens (tertiary/aromatic N) is 2. The number of amidine groups is 1. The van der Waals surface area contributed by atoms with Crippen molar-refractivity contribution in [3.8, 4) is 0 Å². The highest BCUT2D eigenvalue weighted by Gasteiger charge is 2.19. The largest absolute Gasteiger partial charge is 1.00 e. The van der Waals surface area contributed by atoms with Crippen molar-refractivity contribution in [2.45, 2.75) is 6.54 Å². The molecular formula is C18H18BrN2OS-. The third kappa shape index (κ3) is 4.94. The Kier molecular flexibility index (Phi) is 6.86. The zero-order valence-electron chi connectivity index (χ0n) is 12.7. The van der Waals surface area contributed by atoms with Gasteiger partial charge in [-0.05, 0) is 5.56 Å². The average Bonchev–Trinajstić information content (AvgIpc) is 3.10. The Morgan fingerprint density at radius 2 is 1.70 bits per heavy atom. The minimum absolute atomic E-state index is 0. The second-order valence-corrected chi connectivity index (χ2v) is 6.21. The second kappa shape index (κ2) is 8.89. The number of ketones is 1. The number of hydrogen-bond acceptors (Lipinski definition) is 4. The Morgan fingerprint density at radius 1 is 1.04 bits per heavy atom. The smallest absolute Gasteiger partial charge is 0.182 e. The van der Waals surface area contributed by atoms with Crippen molar-refractivity contribution in [2.24, 2.45) is 4.99 Å². The first-order valence-corrected chi connectivity index (χ1v) is 8.36. The van der Waals surface area contributed by atoms with E-state index in [0.29, 0.717) is 13.1 Å². The van der Waals surface area contributed by atoms with Crippen molar-refractivity contribution in [1.82, 2.24) is 4.90 Å². The fourth-order valence-corrected chi connectivity index (χ4v) is 3.26. The number of rotatable bonds is 5. The van der Waals surface area contributed by atoms with Crippen LogP contribution in [0.25, 0.3) is 0 Å². The van der Waals surface area contributed by atoms with Crippen LogP contribution in [0.15, 0.2) is 65.7 Å². The maximum Gasteiger partial charge on any atom is 0.182 e. The van der Waals surface area contributed by atoms with Gasteiger partial charge in [0.15, 0.2) is 11.0 Å². The van der Waals surface area contributed by atoms with Crippen molar-refractivity contribution < 1.29 is 21.8 Å². The van der Waals surface area contributed by atoms with Gasteiger partial charge in [0.05, 0.1) is 13.1 Å². The number of halogens is 1. The predicted octanol–water partition coefficient (Wildman–Crippen LogP) is 0.478. The summed E-state index contributed by atoms with van der Waals surface area (Å²) in [4.78, 5) is 19.1. The van der Waals surface area contributed by atoms with Crippen LogP contribution in [0.3, 0.4) is 0 Å². The van der Waals surface area contributed by atoms with Crippen LogP contribution in [-0.2, 0) is 6.54 Å². The SMILES string of the molecule is O=C(CN(Cc1ccccc1)C1=NCCS1)c1ccccc1.[Br-]. The summed E-state index contributed by atoms with van der Waals surface area (Å²) in [6, 6.07) is 19.7. The van der Waals surface area contributed by atoms with E-state index in [9.17, 15) is 4.79 Å². The van der Waals surface area contributed by atoms with E-state index in [4.69, 9.17) is 0 Å². The molecule has 0 aromatic heterocycles. The molecule has 5 heteroatoms. The maximum absolute atomic E-state index is 12.5. The molecule has 2 aromatic rings. The summed E-state index contributed by atoms with van der Waals surface area (Å²) in [5.41, 5.74) is 1.95. The molecule has 0 fully saturated rings. The van der Waals surface area contributed by atoms with Gasteiger partial charge in [-0.15, -0.1) is 0 Å². The highest BCUT2D eigenvalue weighted by Crippen LogP contribution is 2.18. The van der Waals surface area contributed by atoms with Gasteiger partial charge in [-0.25, -0.2) is 0 Å². The van der Waals surface area contributed by atoms with E-state index < -0.39 is 0 Å². The number of aliphatic imine (C=N–C) groups is 1. The van der Waals surface area contributed by atoms with Crippen molar-refractivity contribution in [1.29, 1.82) is 0 Å². The van der Waals surface area contributed by atoms with Gasteiger partial charge in [0.1, 0.15) is 0 Å². The van der Waals surface area contributed by atoms with E-state index in [0.717, 1.165) is 23.0 Å². The van der Waals surface area contributed by atoms with Gasteiger partial charge in [-0.2, -0.15) is 0 Å². The normalized spacial score (nSPS) is 13.1. The summed E-state index contributed by atoms with van der Waals surface area (Å²) in [5.74, 6) is 1.13. The van der Waals surface area contributed by atoms with Crippen molar-refractivity contribution >= 4 is 22.7 Å². The van der Waals surface area contributed by atoms with Gasteiger partial charge in [0, 0.05) is 17.9 Å². The van der Waals surface area contributed by atoms with E-state index in [1.807, 2.05) is 48.5 Å². The van der Waals surface area contributed by atoms with Crippen LogP contribution in [0.5, 0.6) is 0 Å². The third-order valence-corrected chi connectivity index (χ3v) is 4.52. The number of thioether (sulfide) groups is 1. The Bertz CT molecular complexity index is 661. The van der Waals surface area contributed by atoms with Crippen LogP contribution in [0, 0.1) is 0 Å². The Balaban J connectivity index is 0.00000192. The number of carbonyl (C=O) groups is 1. The first kappa shape index (κ1) is 17.8. The summed E-state index contributed by atoms with van der Waals surface area (Å²) in [6.45, 7) is 1.92. The topological polar surface area (TPSA) is 32.7 Å². The van der Waals surface area contributed by atoms with Crippen LogP contribution >= 0.6 is 11.8 Å². The van der Waals surface area contributed by atoms with Gasteiger partial charge in [-0.3, -0.25) is 9.79 Å². The predicted molar refractivity (Wildman–Crippen MR) is 92.4 cm³/mol. The molecule has 1 aliphatic rings. The Morgan fingerprint density at radius 3 is 2.30 bits per heavy atom. The molecule has 0 unspecified atom stereocenters. The summed E-state index contributed by atoms with van der Waals surface area (Å²) >= 11 is 1.73.